The Labute approximate surface area is 175 Å². The molecule has 2 aromatic rings. The minimum Gasteiger partial charge on any atom is -0.404 e. The summed E-state index contributed by atoms with van der Waals surface area (Å²) in [5.41, 5.74) is 1.86. The summed E-state index contributed by atoms with van der Waals surface area (Å²) in [6, 6.07) is 7.64. The van der Waals surface area contributed by atoms with Crippen LogP contribution in [-0.4, -0.2) is 23.3 Å². The van der Waals surface area contributed by atoms with Gasteiger partial charge in [0, 0.05) is 29.6 Å². The normalized spacial score (nSPS) is 20.1. The first-order valence-corrected chi connectivity index (χ1v) is 10.1. The van der Waals surface area contributed by atoms with Crippen molar-refractivity contribution in [2.24, 2.45) is 0 Å². The zero-order valence-electron chi connectivity index (χ0n) is 15.9. The fourth-order valence-corrected chi connectivity index (χ4v) is 4.17. The highest BCUT2D eigenvalue weighted by Gasteiger charge is 2.33. The van der Waals surface area contributed by atoms with Crippen LogP contribution in [0.3, 0.4) is 0 Å². The number of H-pyrrole nitrogens is 1. The SMILES string of the molecule is O=C1CC[C@H](CC(c2ccc(OC(F)(F)F)c(Cl)c2)c2ccc(C3CC3)c(=O)[nH]2)N1. The Morgan fingerprint density at radius 2 is 1.90 bits per heavy atom. The van der Waals surface area contributed by atoms with E-state index in [1.807, 2.05) is 12.1 Å². The number of alkyl halides is 3. The van der Waals surface area contributed by atoms with E-state index in [0.717, 1.165) is 18.4 Å². The first kappa shape index (κ1) is 20.8. The summed E-state index contributed by atoms with van der Waals surface area (Å²) in [4.78, 5) is 27.1. The first-order chi connectivity index (χ1) is 14.2. The summed E-state index contributed by atoms with van der Waals surface area (Å²) in [6.07, 6.45) is -1.29. The van der Waals surface area contributed by atoms with Gasteiger partial charge in [0.05, 0.1) is 5.02 Å². The van der Waals surface area contributed by atoms with E-state index in [-0.39, 0.29) is 28.4 Å². The van der Waals surface area contributed by atoms with Crippen LogP contribution in [0, 0.1) is 0 Å². The Morgan fingerprint density at radius 1 is 1.13 bits per heavy atom. The highest BCUT2D eigenvalue weighted by atomic mass is 35.5. The predicted molar refractivity (Wildman–Crippen MR) is 105 cm³/mol. The molecule has 0 bridgehead atoms. The van der Waals surface area contributed by atoms with Crippen LogP contribution in [0.15, 0.2) is 35.1 Å². The summed E-state index contributed by atoms with van der Waals surface area (Å²) >= 11 is 6.05. The van der Waals surface area contributed by atoms with Crippen molar-refractivity contribution in [3.05, 3.63) is 62.5 Å². The predicted octanol–water partition coefficient (Wildman–Crippen LogP) is 4.60. The summed E-state index contributed by atoms with van der Waals surface area (Å²) in [5.74, 6) is -0.586. The fraction of sp³-hybridized carbons (Fsp3) is 0.429. The van der Waals surface area contributed by atoms with E-state index >= 15 is 0 Å². The lowest BCUT2D eigenvalue weighted by molar-refractivity contribution is -0.274. The Morgan fingerprint density at radius 3 is 2.47 bits per heavy atom. The number of carbonyl (C=O) groups is 1. The first-order valence-electron chi connectivity index (χ1n) is 9.77. The number of pyridine rings is 1. The van der Waals surface area contributed by atoms with Gasteiger partial charge in [-0.3, -0.25) is 9.59 Å². The molecule has 9 heteroatoms. The van der Waals surface area contributed by atoms with Gasteiger partial charge in [0.15, 0.2) is 0 Å². The van der Waals surface area contributed by atoms with E-state index in [4.69, 9.17) is 11.6 Å². The van der Waals surface area contributed by atoms with Gasteiger partial charge in [-0.05, 0) is 55.4 Å². The third-order valence-corrected chi connectivity index (χ3v) is 5.84. The number of rotatable bonds is 6. The van der Waals surface area contributed by atoms with Crippen LogP contribution in [0.4, 0.5) is 13.2 Å². The number of halogens is 4. The molecule has 2 N–H and O–H groups in total. The Balaban J connectivity index is 1.66. The van der Waals surface area contributed by atoms with Gasteiger partial charge < -0.3 is 15.0 Å². The molecule has 4 rings (SSSR count). The molecular weight excluding hydrogens is 421 g/mol. The number of carbonyl (C=O) groups excluding carboxylic acids is 1. The van der Waals surface area contributed by atoms with Gasteiger partial charge in [0.25, 0.3) is 5.56 Å². The molecular formula is C21H20ClF3N2O3. The molecule has 1 aliphatic carbocycles. The molecule has 2 atom stereocenters. The molecule has 2 fully saturated rings. The van der Waals surface area contributed by atoms with Gasteiger partial charge in [0.2, 0.25) is 5.91 Å². The molecule has 1 aromatic heterocycles. The van der Waals surface area contributed by atoms with Crippen molar-refractivity contribution in [2.45, 2.75) is 56.3 Å². The number of benzene rings is 1. The summed E-state index contributed by atoms with van der Waals surface area (Å²) in [7, 11) is 0. The van der Waals surface area contributed by atoms with E-state index in [1.54, 1.807) is 0 Å². The molecule has 0 radical (unpaired) electrons. The number of aromatic amines is 1. The standard InChI is InChI=1S/C21H20ClF3N2O3/c22-16-9-12(3-7-18(16)30-21(23,24)25)15(10-13-4-8-19(28)26-13)17-6-5-14(11-1-2-11)20(29)27-17/h3,5-7,9,11,13,15H,1-2,4,8,10H2,(H,26,28)(H,27,29)/t13-,15?/m1/s1. The maximum atomic E-state index is 12.5. The van der Waals surface area contributed by atoms with E-state index in [9.17, 15) is 22.8 Å². The van der Waals surface area contributed by atoms with Gasteiger partial charge in [-0.2, -0.15) is 0 Å². The van der Waals surface area contributed by atoms with Crippen LogP contribution in [0.1, 0.15) is 60.8 Å². The Kier molecular flexibility index (Phi) is 5.53. The smallest absolute Gasteiger partial charge is 0.404 e. The summed E-state index contributed by atoms with van der Waals surface area (Å²) < 4.78 is 41.6. The largest absolute Gasteiger partial charge is 0.573 e. The van der Waals surface area contributed by atoms with E-state index in [0.29, 0.717) is 36.4 Å². The monoisotopic (exact) mass is 440 g/mol. The van der Waals surface area contributed by atoms with Gasteiger partial charge in [0.1, 0.15) is 5.75 Å². The van der Waals surface area contributed by atoms with Crippen LogP contribution < -0.4 is 15.6 Å². The second-order valence-corrected chi connectivity index (χ2v) is 8.21. The van der Waals surface area contributed by atoms with Crippen molar-refractivity contribution >= 4 is 17.5 Å². The minimum absolute atomic E-state index is 0.0386. The Hall–Kier alpha value is -2.48. The minimum atomic E-state index is -4.84. The molecule has 1 aromatic carbocycles. The molecule has 1 saturated heterocycles. The average Bonchev–Trinajstić information content (AvgIpc) is 3.42. The van der Waals surface area contributed by atoms with Crippen molar-refractivity contribution in [1.29, 1.82) is 0 Å². The van der Waals surface area contributed by atoms with Crippen LogP contribution in [0.2, 0.25) is 5.02 Å². The van der Waals surface area contributed by atoms with Crippen LogP contribution in [0.5, 0.6) is 5.75 Å². The second-order valence-electron chi connectivity index (χ2n) is 7.80. The molecule has 1 unspecified atom stereocenters. The number of amides is 1. The summed E-state index contributed by atoms with van der Waals surface area (Å²) in [6.45, 7) is 0. The number of aromatic nitrogens is 1. The van der Waals surface area contributed by atoms with Crippen LogP contribution in [0.25, 0.3) is 0 Å². The van der Waals surface area contributed by atoms with Gasteiger partial charge in [-0.1, -0.05) is 23.7 Å². The summed E-state index contributed by atoms with van der Waals surface area (Å²) in [5, 5.41) is 2.72. The molecule has 0 spiro atoms. The van der Waals surface area contributed by atoms with E-state index < -0.39 is 12.1 Å². The third-order valence-electron chi connectivity index (χ3n) is 5.54. The molecule has 1 amide bonds. The third kappa shape index (κ3) is 4.80. The molecule has 160 valence electrons. The fourth-order valence-electron chi connectivity index (χ4n) is 3.94. The number of nitrogens with one attached hydrogen (secondary N) is 2. The lowest BCUT2D eigenvalue weighted by Crippen LogP contribution is -2.28. The average molecular weight is 441 g/mol. The van der Waals surface area contributed by atoms with Gasteiger partial charge in [-0.25, -0.2) is 0 Å². The Bertz CT molecular complexity index is 1020. The zero-order chi connectivity index (χ0) is 21.5. The topological polar surface area (TPSA) is 71.2 Å². The van der Waals surface area contributed by atoms with E-state index in [1.165, 1.54) is 18.2 Å². The number of hydrogen-bond acceptors (Lipinski definition) is 3. The second kappa shape index (κ2) is 7.98. The quantitative estimate of drug-likeness (QED) is 0.689. The van der Waals surface area contributed by atoms with Gasteiger partial charge >= 0.3 is 6.36 Å². The van der Waals surface area contributed by atoms with Crippen molar-refractivity contribution < 1.29 is 22.7 Å². The van der Waals surface area contributed by atoms with Crippen LogP contribution >= 0.6 is 11.6 Å². The van der Waals surface area contributed by atoms with E-state index in [2.05, 4.69) is 15.0 Å². The molecule has 1 saturated carbocycles. The highest BCUT2D eigenvalue weighted by Crippen LogP contribution is 2.39. The molecule has 2 aliphatic rings. The molecule has 2 heterocycles. The van der Waals surface area contributed by atoms with Crippen molar-refractivity contribution in [3.8, 4) is 5.75 Å². The number of hydrogen-bond donors (Lipinski definition) is 2. The van der Waals surface area contributed by atoms with Crippen LogP contribution in [-0.2, 0) is 4.79 Å². The lowest BCUT2D eigenvalue weighted by Gasteiger charge is -2.22. The lowest BCUT2D eigenvalue weighted by atomic mass is 9.88. The molecule has 30 heavy (non-hydrogen) atoms. The maximum absolute atomic E-state index is 12.5. The van der Waals surface area contributed by atoms with Crippen molar-refractivity contribution in [2.75, 3.05) is 0 Å². The van der Waals surface area contributed by atoms with Gasteiger partial charge in [-0.15, -0.1) is 13.2 Å². The zero-order valence-corrected chi connectivity index (χ0v) is 16.6. The van der Waals surface area contributed by atoms with Crippen molar-refractivity contribution in [3.63, 3.8) is 0 Å². The van der Waals surface area contributed by atoms with Crippen molar-refractivity contribution in [1.82, 2.24) is 10.3 Å². The maximum Gasteiger partial charge on any atom is 0.573 e. The highest BCUT2D eigenvalue weighted by molar-refractivity contribution is 6.32. The molecule has 5 nitrogen and oxygen atoms in total. The molecule has 1 aliphatic heterocycles. The number of ether oxygens (including phenoxy) is 1.